The third-order valence-electron chi connectivity index (χ3n) is 3.77. The number of amides is 2. The Morgan fingerprint density at radius 1 is 1.04 bits per heavy atom. The molecule has 0 spiro atoms. The molecule has 1 heterocycles. The van der Waals surface area contributed by atoms with E-state index in [4.69, 9.17) is 0 Å². The lowest BCUT2D eigenvalue weighted by Crippen LogP contribution is -2.33. The standard InChI is InChI=1S/C18H13F3N2O2S/c1-9-10-4-2-3-5-13(10)26-17(9)18(25)22-8-14(24)23-12-7-6-11(19)15(20)16(12)21/h2-7H,8H2,1H3,(H,22,25)(H,23,24). The largest absolute Gasteiger partial charge is 0.342 e. The first-order valence-electron chi connectivity index (χ1n) is 7.58. The fourth-order valence-corrected chi connectivity index (χ4v) is 3.57. The second-order valence-electron chi connectivity index (χ2n) is 5.51. The summed E-state index contributed by atoms with van der Waals surface area (Å²) < 4.78 is 40.5. The molecule has 0 radical (unpaired) electrons. The third-order valence-corrected chi connectivity index (χ3v) is 5.04. The van der Waals surface area contributed by atoms with E-state index in [0.717, 1.165) is 21.7 Å². The summed E-state index contributed by atoms with van der Waals surface area (Å²) in [6, 6.07) is 9.13. The topological polar surface area (TPSA) is 58.2 Å². The summed E-state index contributed by atoms with van der Waals surface area (Å²) in [5, 5.41) is 5.48. The number of carbonyl (C=O) groups excluding carboxylic acids is 2. The summed E-state index contributed by atoms with van der Waals surface area (Å²) >= 11 is 1.30. The van der Waals surface area contributed by atoms with Crippen LogP contribution in [0.1, 0.15) is 15.2 Å². The van der Waals surface area contributed by atoms with Crippen LogP contribution in [0, 0.1) is 24.4 Å². The average Bonchev–Trinajstić information content (AvgIpc) is 2.97. The maximum atomic E-state index is 13.5. The quantitative estimate of drug-likeness (QED) is 0.675. The lowest BCUT2D eigenvalue weighted by atomic mass is 10.1. The van der Waals surface area contributed by atoms with E-state index < -0.39 is 41.5 Å². The minimum absolute atomic E-state index is 0.440. The van der Waals surface area contributed by atoms with Gasteiger partial charge < -0.3 is 10.6 Å². The molecule has 2 aromatic carbocycles. The number of thiophene rings is 1. The molecular formula is C18H13F3N2O2S. The monoisotopic (exact) mass is 378 g/mol. The number of hydrogen-bond donors (Lipinski definition) is 2. The van der Waals surface area contributed by atoms with Gasteiger partial charge in [0.25, 0.3) is 5.91 Å². The Labute approximate surface area is 150 Å². The number of hydrogen-bond acceptors (Lipinski definition) is 3. The number of nitrogens with one attached hydrogen (secondary N) is 2. The van der Waals surface area contributed by atoms with Crippen LogP contribution in [0.5, 0.6) is 0 Å². The summed E-state index contributed by atoms with van der Waals surface area (Å²) in [6.45, 7) is 1.37. The van der Waals surface area contributed by atoms with Crippen molar-refractivity contribution < 1.29 is 22.8 Å². The summed E-state index contributed by atoms with van der Waals surface area (Å²) in [6.07, 6.45) is 0. The molecule has 0 aliphatic rings. The van der Waals surface area contributed by atoms with E-state index in [0.29, 0.717) is 10.9 Å². The summed E-state index contributed by atoms with van der Waals surface area (Å²) in [5.41, 5.74) is 0.302. The van der Waals surface area contributed by atoms with Gasteiger partial charge in [-0.3, -0.25) is 9.59 Å². The number of halogens is 3. The van der Waals surface area contributed by atoms with Gasteiger partial charge in [-0.05, 0) is 36.1 Å². The minimum atomic E-state index is -1.67. The van der Waals surface area contributed by atoms with Gasteiger partial charge in [-0.25, -0.2) is 13.2 Å². The molecule has 0 saturated heterocycles. The normalized spacial score (nSPS) is 10.8. The average molecular weight is 378 g/mol. The third kappa shape index (κ3) is 3.41. The van der Waals surface area contributed by atoms with E-state index in [1.165, 1.54) is 11.3 Å². The van der Waals surface area contributed by atoms with Crippen molar-refractivity contribution in [2.24, 2.45) is 0 Å². The van der Waals surface area contributed by atoms with Crippen LogP contribution in [0.3, 0.4) is 0 Å². The van der Waals surface area contributed by atoms with Crippen LogP contribution in [0.25, 0.3) is 10.1 Å². The predicted molar refractivity (Wildman–Crippen MR) is 93.8 cm³/mol. The molecule has 0 atom stereocenters. The van der Waals surface area contributed by atoms with Gasteiger partial charge in [-0.2, -0.15) is 0 Å². The van der Waals surface area contributed by atoms with Crippen LogP contribution >= 0.6 is 11.3 Å². The lowest BCUT2D eigenvalue weighted by molar-refractivity contribution is -0.115. The molecule has 1 aromatic heterocycles. The molecule has 134 valence electrons. The first-order valence-corrected chi connectivity index (χ1v) is 8.40. The van der Waals surface area contributed by atoms with Crippen molar-refractivity contribution in [1.29, 1.82) is 0 Å². The van der Waals surface area contributed by atoms with Gasteiger partial charge in [0.2, 0.25) is 5.91 Å². The van der Waals surface area contributed by atoms with E-state index in [1.807, 2.05) is 31.2 Å². The smallest absolute Gasteiger partial charge is 0.262 e. The van der Waals surface area contributed by atoms with E-state index in [1.54, 1.807) is 0 Å². The van der Waals surface area contributed by atoms with Crippen LogP contribution in [-0.2, 0) is 4.79 Å². The molecular weight excluding hydrogens is 365 g/mol. The minimum Gasteiger partial charge on any atom is -0.342 e. The summed E-state index contributed by atoms with van der Waals surface area (Å²) in [5.74, 6) is -5.72. The van der Waals surface area contributed by atoms with Crippen molar-refractivity contribution in [2.75, 3.05) is 11.9 Å². The molecule has 0 unspecified atom stereocenters. The molecule has 0 saturated carbocycles. The van der Waals surface area contributed by atoms with Crippen molar-refractivity contribution in [3.05, 3.63) is 64.3 Å². The molecule has 8 heteroatoms. The van der Waals surface area contributed by atoms with Crippen molar-refractivity contribution in [1.82, 2.24) is 5.32 Å². The van der Waals surface area contributed by atoms with Gasteiger partial charge in [0.1, 0.15) is 0 Å². The molecule has 3 aromatic rings. The Balaban J connectivity index is 1.66. The SMILES string of the molecule is Cc1c(C(=O)NCC(=O)Nc2ccc(F)c(F)c2F)sc2ccccc12. The zero-order valence-corrected chi connectivity index (χ0v) is 14.3. The van der Waals surface area contributed by atoms with Crippen LogP contribution in [0.2, 0.25) is 0 Å². The number of rotatable bonds is 4. The summed E-state index contributed by atoms with van der Waals surface area (Å²) in [4.78, 5) is 24.6. The number of anilines is 1. The Hall–Kier alpha value is -2.87. The van der Waals surface area contributed by atoms with E-state index >= 15 is 0 Å². The molecule has 3 rings (SSSR count). The molecule has 26 heavy (non-hydrogen) atoms. The molecule has 0 bridgehead atoms. The van der Waals surface area contributed by atoms with Crippen LogP contribution in [-0.4, -0.2) is 18.4 Å². The van der Waals surface area contributed by atoms with Crippen LogP contribution in [0.15, 0.2) is 36.4 Å². The van der Waals surface area contributed by atoms with Gasteiger partial charge in [0.15, 0.2) is 17.5 Å². The number of aryl methyl sites for hydroxylation is 1. The fourth-order valence-electron chi connectivity index (χ4n) is 2.45. The second-order valence-corrected chi connectivity index (χ2v) is 6.56. The zero-order valence-electron chi connectivity index (χ0n) is 13.5. The van der Waals surface area contributed by atoms with Crippen molar-refractivity contribution >= 4 is 38.9 Å². The molecule has 2 N–H and O–H groups in total. The van der Waals surface area contributed by atoms with Gasteiger partial charge >= 0.3 is 0 Å². The lowest BCUT2D eigenvalue weighted by Gasteiger charge is -2.08. The zero-order chi connectivity index (χ0) is 18.8. The maximum absolute atomic E-state index is 13.5. The van der Waals surface area contributed by atoms with Crippen LogP contribution < -0.4 is 10.6 Å². The molecule has 0 aliphatic carbocycles. The molecule has 0 fully saturated rings. The molecule has 2 amide bonds. The van der Waals surface area contributed by atoms with Crippen molar-refractivity contribution in [3.63, 3.8) is 0 Å². The highest BCUT2D eigenvalue weighted by molar-refractivity contribution is 7.21. The Kier molecular flexibility index (Phi) is 4.94. The first kappa shape index (κ1) is 17.9. The second kappa shape index (κ2) is 7.17. The van der Waals surface area contributed by atoms with Crippen molar-refractivity contribution in [3.8, 4) is 0 Å². The highest BCUT2D eigenvalue weighted by Gasteiger charge is 2.18. The van der Waals surface area contributed by atoms with E-state index in [2.05, 4.69) is 10.6 Å². The fraction of sp³-hybridized carbons (Fsp3) is 0.111. The predicted octanol–water partition coefficient (Wildman–Crippen LogP) is 4.00. The number of carbonyl (C=O) groups is 2. The van der Waals surface area contributed by atoms with E-state index in [9.17, 15) is 22.8 Å². The first-order chi connectivity index (χ1) is 12.4. The highest BCUT2D eigenvalue weighted by atomic mass is 32.1. The van der Waals surface area contributed by atoms with Gasteiger partial charge in [0, 0.05) is 4.70 Å². The Bertz CT molecular complexity index is 1020. The highest BCUT2D eigenvalue weighted by Crippen LogP contribution is 2.30. The summed E-state index contributed by atoms with van der Waals surface area (Å²) in [7, 11) is 0. The van der Waals surface area contributed by atoms with Gasteiger partial charge in [-0.15, -0.1) is 11.3 Å². The molecule has 4 nitrogen and oxygen atoms in total. The van der Waals surface area contributed by atoms with Crippen molar-refractivity contribution in [2.45, 2.75) is 6.92 Å². The van der Waals surface area contributed by atoms with Gasteiger partial charge in [-0.1, -0.05) is 18.2 Å². The molecule has 0 aliphatic heterocycles. The maximum Gasteiger partial charge on any atom is 0.262 e. The Morgan fingerprint density at radius 2 is 1.77 bits per heavy atom. The number of fused-ring (bicyclic) bond motifs is 1. The number of benzene rings is 2. The van der Waals surface area contributed by atoms with E-state index in [-0.39, 0.29) is 0 Å². The van der Waals surface area contributed by atoms with Crippen LogP contribution in [0.4, 0.5) is 18.9 Å². The van der Waals surface area contributed by atoms with Gasteiger partial charge in [0.05, 0.1) is 17.1 Å². The Morgan fingerprint density at radius 3 is 2.50 bits per heavy atom.